The second kappa shape index (κ2) is 5.12. The van der Waals surface area contributed by atoms with E-state index < -0.39 is 5.97 Å². The Morgan fingerprint density at radius 3 is 2.89 bits per heavy atom. The predicted octanol–water partition coefficient (Wildman–Crippen LogP) is 0.383. The van der Waals surface area contributed by atoms with E-state index in [1.807, 2.05) is 0 Å². The van der Waals surface area contributed by atoms with Crippen molar-refractivity contribution in [3.8, 4) is 0 Å². The largest absolute Gasteiger partial charge is 0.464 e. The fourth-order valence-electron chi connectivity index (χ4n) is 1.73. The minimum atomic E-state index is -0.498. The van der Waals surface area contributed by atoms with Gasteiger partial charge in [0, 0.05) is 12.7 Å². The van der Waals surface area contributed by atoms with Crippen molar-refractivity contribution >= 4 is 17.6 Å². The molecular weight excluding hydrogens is 234 g/mol. The average Bonchev–Trinajstić information content (AvgIpc) is 3.10. The van der Waals surface area contributed by atoms with Gasteiger partial charge in [0.15, 0.2) is 0 Å². The average molecular weight is 251 g/mol. The molecule has 1 saturated carbocycles. The summed E-state index contributed by atoms with van der Waals surface area (Å²) in [5.41, 5.74) is 6.34. The van der Waals surface area contributed by atoms with Gasteiger partial charge in [-0.15, -0.1) is 0 Å². The molecule has 1 amide bonds. The van der Waals surface area contributed by atoms with Gasteiger partial charge in [-0.1, -0.05) is 0 Å². The summed E-state index contributed by atoms with van der Waals surface area (Å²) in [5, 5.41) is 2.83. The van der Waals surface area contributed by atoms with Crippen LogP contribution in [0.5, 0.6) is 0 Å². The van der Waals surface area contributed by atoms with Crippen molar-refractivity contribution in [2.45, 2.75) is 19.4 Å². The zero-order chi connectivity index (χ0) is 13.1. The smallest absolute Gasteiger partial charge is 0.354 e. The highest BCUT2D eigenvalue weighted by Crippen LogP contribution is 2.27. The van der Waals surface area contributed by atoms with Crippen LogP contribution in [0.15, 0.2) is 12.3 Å². The molecule has 0 saturated heterocycles. The van der Waals surface area contributed by atoms with Gasteiger partial charge >= 0.3 is 5.97 Å². The molecule has 1 aliphatic carbocycles. The first-order valence-electron chi connectivity index (χ1n) is 5.91. The van der Waals surface area contributed by atoms with Gasteiger partial charge in [-0.25, -0.2) is 4.79 Å². The van der Waals surface area contributed by atoms with Gasteiger partial charge in [0.05, 0.1) is 12.8 Å². The molecule has 0 spiro atoms. The van der Waals surface area contributed by atoms with Crippen LogP contribution in [0.25, 0.3) is 0 Å². The van der Waals surface area contributed by atoms with E-state index in [9.17, 15) is 9.59 Å². The Morgan fingerprint density at radius 1 is 1.56 bits per heavy atom. The lowest BCUT2D eigenvalue weighted by molar-refractivity contribution is -0.121. The third kappa shape index (κ3) is 3.03. The molecule has 1 aliphatic rings. The molecule has 0 radical (unpaired) electrons. The fourth-order valence-corrected chi connectivity index (χ4v) is 1.73. The molecule has 0 aliphatic heterocycles. The molecule has 1 aromatic rings. The molecule has 1 heterocycles. The molecule has 98 valence electrons. The van der Waals surface area contributed by atoms with Crippen molar-refractivity contribution in [1.82, 2.24) is 9.88 Å². The Balaban J connectivity index is 1.98. The fraction of sp³-hybridized carbons (Fsp3) is 0.500. The summed E-state index contributed by atoms with van der Waals surface area (Å²) in [6.45, 7) is 0.789. The van der Waals surface area contributed by atoms with Crippen molar-refractivity contribution in [2.75, 3.05) is 19.4 Å². The molecule has 6 heteroatoms. The van der Waals surface area contributed by atoms with E-state index >= 15 is 0 Å². The number of hydrogen-bond acceptors (Lipinski definition) is 4. The number of aromatic nitrogens is 1. The van der Waals surface area contributed by atoms with Gasteiger partial charge in [0.1, 0.15) is 12.2 Å². The molecular formula is C12H17N3O3. The molecule has 6 nitrogen and oxygen atoms in total. The molecule has 3 N–H and O–H groups in total. The number of methoxy groups -OCH3 is 1. The summed E-state index contributed by atoms with van der Waals surface area (Å²) >= 11 is 0. The van der Waals surface area contributed by atoms with E-state index in [-0.39, 0.29) is 18.1 Å². The number of carbonyl (C=O) groups is 2. The van der Waals surface area contributed by atoms with Crippen LogP contribution in [-0.2, 0) is 16.1 Å². The molecule has 18 heavy (non-hydrogen) atoms. The molecule has 1 fully saturated rings. The maximum atomic E-state index is 11.7. The van der Waals surface area contributed by atoms with Crippen LogP contribution in [0.3, 0.4) is 0 Å². The number of amides is 1. The van der Waals surface area contributed by atoms with Crippen molar-refractivity contribution in [1.29, 1.82) is 0 Å². The Hall–Kier alpha value is -1.98. The maximum Gasteiger partial charge on any atom is 0.354 e. The monoisotopic (exact) mass is 251 g/mol. The number of nitrogens with two attached hydrogens (primary N) is 1. The number of esters is 1. The Kier molecular flexibility index (Phi) is 3.55. The second-order valence-corrected chi connectivity index (χ2v) is 4.53. The molecule has 1 aromatic heterocycles. The third-order valence-corrected chi connectivity index (χ3v) is 2.91. The first-order chi connectivity index (χ1) is 8.60. The molecule has 0 aromatic carbocycles. The third-order valence-electron chi connectivity index (χ3n) is 2.91. The van der Waals surface area contributed by atoms with Crippen molar-refractivity contribution < 1.29 is 14.3 Å². The van der Waals surface area contributed by atoms with Crippen LogP contribution in [-0.4, -0.2) is 30.1 Å². The number of hydrogen-bond donors (Lipinski definition) is 2. The normalized spacial score (nSPS) is 14.3. The van der Waals surface area contributed by atoms with E-state index in [0.717, 1.165) is 0 Å². The van der Waals surface area contributed by atoms with E-state index in [0.29, 0.717) is 18.2 Å². The number of carbonyl (C=O) groups excluding carboxylic acids is 2. The van der Waals surface area contributed by atoms with Crippen LogP contribution in [0.2, 0.25) is 0 Å². The van der Waals surface area contributed by atoms with Gasteiger partial charge < -0.3 is 20.4 Å². The van der Waals surface area contributed by atoms with Crippen LogP contribution in [0, 0.1) is 5.92 Å². The molecule has 0 bridgehead atoms. The van der Waals surface area contributed by atoms with E-state index in [2.05, 4.69) is 10.1 Å². The molecule has 0 atom stereocenters. The molecule has 2 rings (SSSR count). The van der Waals surface area contributed by atoms with E-state index in [1.165, 1.54) is 30.6 Å². The van der Waals surface area contributed by atoms with Crippen LogP contribution in [0.4, 0.5) is 5.69 Å². The Bertz CT molecular complexity index is 463. The van der Waals surface area contributed by atoms with Gasteiger partial charge in [-0.3, -0.25) is 4.79 Å². The van der Waals surface area contributed by atoms with Gasteiger partial charge in [0.2, 0.25) is 5.91 Å². The topological polar surface area (TPSA) is 86.3 Å². The summed E-state index contributed by atoms with van der Waals surface area (Å²) in [5.74, 6) is 0.00750. The van der Waals surface area contributed by atoms with Gasteiger partial charge in [-0.05, 0) is 24.8 Å². The summed E-state index contributed by atoms with van der Waals surface area (Å²) in [7, 11) is 1.29. The number of anilines is 1. The number of nitrogens with zero attached hydrogens (tertiary/aromatic N) is 1. The SMILES string of the molecule is COC(=O)c1cc(N)cn1CC(=O)NCC1CC1. The van der Waals surface area contributed by atoms with E-state index in [1.54, 1.807) is 6.20 Å². The number of rotatable bonds is 5. The van der Waals surface area contributed by atoms with Crippen LogP contribution in [0.1, 0.15) is 23.3 Å². The minimum absolute atomic E-state index is 0.0777. The zero-order valence-corrected chi connectivity index (χ0v) is 10.3. The predicted molar refractivity (Wildman–Crippen MR) is 65.9 cm³/mol. The number of nitrogens with one attached hydrogen (secondary N) is 1. The summed E-state index contributed by atoms with van der Waals surface area (Å²) in [6.07, 6.45) is 3.93. The van der Waals surface area contributed by atoms with Crippen molar-refractivity contribution in [3.05, 3.63) is 18.0 Å². The van der Waals surface area contributed by atoms with E-state index in [4.69, 9.17) is 5.73 Å². The first kappa shape index (κ1) is 12.5. The van der Waals surface area contributed by atoms with Crippen molar-refractivity contribution in [3.63, 3.8) is 0 Å². The molecule has 0 unspecified atom stereocenters. The quantitative estimate of drug-likeness (QED) is 0.741. The van der Waals surface area contributed by atoms with Crippen molar-refractivity contribution in [2.24, 2.45) is 5.92 Å². The summed E-state index contributed by atoms with van der Waals surface area (Å²) < 4.78 is 6.14. The lowest BCUT2D eigenvalue weighted by Gasteiger charge is -2.08. The highest BCUT2D eigenvalue weighted by atomic mass is 16.5. The lowest BCUT2D eigenvalue weighted by atomic mass is 10.4. The van der Waals surface area contributed by atoms with Gasteiger partial charge in [-0.2, -0.15) is 0 Å². The number of nitrogen functional groups attached to an aromatic ring is 1. The zero-order valence-electron chi connectivity index (χ0n) is 10.3. The Labute approximate surface area is 105 Å². The van der Waals surface area contributed by atoms with Gasteiger partial charge in [0.25, 0.3) is 0 Å². The highest BCUT2D eigenvalue weighted by Gasteiger charge is 2.22. The summed E-state index contributed by atoms with van der Waals surface area (Å²) in [4.78, 5) is 23.2. The Morgan fingerprint density at radius 2 is 2.28 bits per heavy atom. The van der Waals surface area contributed by atoms with Crippen LogP contribution >= 0.6 is 0 Å². The summed E-state index contributed by atoms with van der Waals surface area (Å²) in [6, 6.07) is 1.50. The standard InChI is InChI=1S/C12H17N3O3/c1-18-12(17)10-4-9(13)6-15(10)7-11(16)14-5-8-2-3-8/h4,6,8H,2-3,5,7,13H2,1H3,(H,14,16). The maximum absolute atomic E-state index is 11.7. The lowest BCUT2D eigenvalue weighted by Crippen LogP contribution is -2.30. The highest BCUT2D eigenvalue weighted by molar-refractivity contribution is 5.89. The first-order valence-corrected chi connectivity index (χ1v) is 5.91. The second-order valence-electron chi connectivity index (χ2n) is 4.53. The number of ether oxygens (including phenoxy) is 1. The minimum Gasteiger partial charge on any atom is -0.464 e. The van der Waals surface area contributed by atoms with Crippen LogP contribution < -0.4 is 11.1 Å².